The molecule has 2 rings (SSSR count). The molecular formula is C21H31N3O7. The molecule has 31 heavy (non-hydrogen) atoms. The zero-order valence-electron chi connectivity index (χ0n) is 18.1. The van der Waals surface area contributed by atoms with Crippen LogP contribution in [0.2, 0.25) is 0 Å². The number of likely N-dealkylation sites (tertiary alicyclic amines) is 1. The van der Waals surface area contributed by atoms with E-state index < -0.39 is 28.9 Å². The van der Waals surface area contributed by atoms with Gasteiger partial charge in [0.2, 0.25) is 5.91 Å². The highest BCUT2D eigenvalue weighted by molar-refractivity contribution is 5.95. The van der Waals surface area contributed by atoms with Gasteiger partial charge in [0, 0.05) is 38.2 Å². The second-order valence-electron chi connectivity index (χ2n) is 8.58. The average Bonchev–Trinajstić information content (AvgIpc) is 2.68. The monoisotopic (exact) mass is 437 g/mol. The van der Waals surface area contributed by atoms with Gasteiger partial charge in [-0.3, -0.25) is 9.59 Å². The quantitative estimate of drug-likeness (QED) is 0.425. The maximum Gasteiger partial charge on any atom is 0.407 e. The number of phenols is 3. The van der Waals surface area contributed by atoms with Crippen LogP contribution in [-0.4, -0.2) is 69.9 Å². The molecule has 0 aromatic heterocycles. The summed E-state index contributed by atoms with van der Waals surface area (Å²) in [6, 6.07) is 2.24. The fraction of sp³-hybridized carbons (Fsp3) is 0.571. The molecule has 10 heteroatoms. The van der Waals surface area contributed by atoms with Crippen LogP contribution in [0.5, 0.6) is 17.2 Å². The van der Waals surface area contributed by atoms with Gasteiger partial charge in [-0.1, -0.05) is 0 Å². The van der Waals surface area contributed by atoms with Gasteiger partial charge in [-0.15, -0.1) is 0 Å². The maximum absolute atomic E-state index is 12.6. The van der Waals surface area contributed by atoms with Crippen molar-refractivity contribution in [2.24, 2.45) is 5.92 Å². The van der Waals surface area contributed by atoms with Crippen molar-refractivity contribution in [1.82, 2.24) is 15.5 Å². The number of ether oxygens (including phenoxy) is 1. The van der Waals surface area contributed by atoms with Crippen LogP contribution >= 0.6 is 0 Å². The highest BCUT2D eigenvalue weighted by Gasteiger charge is 2.25. The van der Waals surface area contributed by atoms with E-state index in [-0.39, 0.29) is 36.3 Å². The number of nitrogens with one attached hydrogen (secondary N) is 2. The van der Waals surface area contributed by atoms with E-state index in [4.69, 9.17) is 4.74 Å². The number of hydrogen-bond acceptors (Lipinski definition) is 7. The number of carbonyl (C=O) groups excluding carboxylic acids is 3. The number of aromatic hydroxyl groups is 3. The smallest absolute Gasteiger partial charge is 0.407 e. The van der Waals surface area contributed by atoms with Gasteiger partial charge in [-0.05, 0) is 51.7 Å². The van der Waals surface area contributed by atoms with E-state index in [1.165, 1.54) is 0 Å². The lowest BCUT2D eigenvalue weighted by Gasteiger charge is -2.32. The zero-order valence-corrected chi connectivity index (χ0v) is 18.1. The van der Waals surface area contributed by atoms with Crippen molar-refractivity contribution in [3.8, 4) is 17.2 Å². The first-order chi connectivity index (χ1) is 14.5. The second-order valence-corrected chi connectivity index (χ2v) is 8.58. The molecule has 10 nitrogen and oxygen atoms in total. The largest absolute Gasteiger partial charge is 0.504 e. The average molecular weight is 437 g/mol. The van der Waals surface area contributed by atoms with Gasteiger partial charge in [0.15, 0.2) is 17.2 Å². The number of nitrogens with zero attached hydrogens (tertiary/aromatic N) is 1. The second kappa shape index (κ2) is 10.2. The van der Waals surface area contributed by atoms with Crippen LogP contribution in [0.25, 0.3) is 0 Å². The van der Waals surface area contributed by atoms with Gasteiger partial charge >= 0.3 is 6.09 Å². The van der Waals surface area contributed by atoms with Crippen LogP contribution in [0.1, 0.15) is 50.4 Å². The first-order valence-corrected chi connectivity index (χ1v) is 10.2. The normalized spacial score (nSPS) is 14.7. The Hall–Kier alpha value is -3.17. The summed E-state index contributed by atoms with van der Waals surface area (Å²) >= 11 is 0. The summed E-state index contributed by atoms with van der Waals surface area (Å²) in [5.41, 5.74) is -0.497. The lowest BCUT2D eigenvalue weighted by atomic mass is 9.96. The Labute approximate surface area is 181 Å². The SMILES string of the molecule is CC(C)(C)OC(=O)NCCC(=O)NCC1CCN(C(=O)c2cc(O)c(O)c(O)c2)CC1. The number of phenolic OH excluding ortho intramolecular Hbond substituents is 3. The lowest BCUT2D eigenvalue weighted by Crippen LogP contribution is -2.42. The summed E-state index contributed by atoms with van der Waals surface area (Å²) in [6.07, 6.45) is 0.966. The van der Waals surface area contributed by atoms with Gasteiger partial charge < -0.3 is 35.6 Å². The maximum atomic E-state index is 12.6. The van der Waals surface area contributed by atoms with Crippen LogP contribution in [0.3, 0.4) is 0 Å². The lowest BCUT2D eigenvalue weighted by molar-refractivity contribution is -0.121. The molecule has 1 aliphatic rings. The molecule has 172 valence electrons. The van der Waals surface area contributed by atoms with E-state index in [0.717, 1.165) is 12.1 Å². The minimum atomic E-state index is -0.660. The van der Waals surface area contributed by atoms with Crippen LogP contribution in [0.4, 0.5) is 4.79 Å². The van der Waals surface area contributed by atoms with Gasteiger partial charge in [0.1, 0.15) is 5.60 Å². The Morgan fingerprint density at radius 3 is 2.19 bits per heavy atom. The molecule has 0 bridgehead atoms. The molecule has 0 atom stereocenters. The Morgan fingerprint density at radius 1 is 1.06 bits per heavy atom. The van der Waals surface area contributed by atoms with E-state index >= 15 is 0 Å². The topological polar surface area (TPSA) is 148 Å². The van der Waals surface area contributed by atoms with Gasteiger partial charge in [-0.2, -0.15) is 0 Å². The van der Waals surface area contributed by atoms with Crippen molar-refractivity contribution in [2.45, 2.75) is 45.6 Å². The Morgan fingerprint density at radius 2 is 1.65 bits per heavy atom. The number of carbonyl (C=O) groups is 3. The molecule has 0 aliphatic carbocycles. The van der Waals surface area contributed by atoms with Crippen molar-refractivity contribution in [2.75, 3.05) is 26.2 Å². The first-order valence-electron chi connectivity index (χ1n) is 10.2. The van der Waals surface area contributed by atoms with E-state index in [2.05, 4.69) is 10.6 Å². The Balaban J connectivity index is 1.69. The molecule has 0 saturated carbocycles. The van der Waals surface area contributed by atoms with Gasteiger partial charge in [0.05, 0.1) is 0 Å². The number of alkyl carbamates (subject to hydrolysis) is 1. The number of hydrogen-bond donors (Lipinski definition) is 5. The number of amides is 3. The van der Waals surface area contributed by atoms with Crippen LogP contribution < -0.4 is 10.6 Å². The van der Waals surface area contributed by atoms with Crippen LogP contribution in [0.15, 0.2) is 12.1 Å². The molecule has 1 aliphatic heterocycles. The predicted molar refractivity (Wildman–Crippen MR) is 112 cm³/mol. The molecule has 3 amide bonds. The third-order valence-corrected chi connectivity index (χ3v) is 4.83. The van der Waals surface area contributed by atoms with Crippen molar-refractivity contribution in [3.63, 3.8) is 0 Å². The van der Waals surface area contributed by atoms with Crippen LogP contribution in [0, 0.1) is 5.92 Å². The van der Waals surface area contributed by atoms with Crippen molar-refractivity contribution in [1.29, 1.82) is 0 Å². The summed E-state index contributed by atoms with van der Waals surface area (Å²) in [5.74, 6) is -2.07. The molecule has 5 N–H and O–H groups in total. The summed E-state index contributed by atoms with van der Waals surface area (Å²) in [5, 5.41) is 33.9. The predicted octanol–water partition coefficient (Wildman–Crippen LogP) is 1.69. The molecule has 1 aromatic rings. The summed E-state index contributed by atoms with van der Waals surface area (Å²) in [4.78, 5) is 37.7. The number of rotatable bonds is 6. The molecule has 0 radical (unpaired) electrons. The molecular weight excluding hydrogens is 406 g/mol. The van der Waals surface area contributed by atoms with E-state index in [0.29, 0.717) is 32.5 Å². The van der Waals surface area contributed by atoms with E-state index in [1.54, 1.807) is 25.7 Å². The van der Waals surface area contributed by atoms with E-state index in [9.17, 15) is 29.7 Å². The standard InChI is InChI=1S/C21H31N3O7/c1-21(2,3)31-20(30)22-7-4-17(27)23-12-13-5-8-24(9-6-13)19(29)14-10-15(25)18(28)16(26)11-14/h10-11,13,25-26,28H,4-9,12H2,1-3H3,(H,22,30)(H,23,27). The number of benzene rings is 1. The minimum absolute atomic E-state index is 0.0945. The first kappa shape index (κ1) is 24.1. The Kier molecular flexibility index (Phi) is 7.95. The molecule has 1 aromatic carbocycles. The van der Waals surface area contributed by atoms with Gasteiger partial charge in [-0.25, -0.2) is 4.79 Å². The molecule has 1 fully saturated rings. The summed E-state index contributed by atoms with van der Waals surface area (Å²) in [7, 11) is 0. The zero-order chi connectivity index (χ0) is 23.2. The molecule has 0 spiro atoms. The van der Waals surface area contributed by atoms with Crippen molar-refractivity contribution < 1.29 is 34.4 Å². The van der Waals surface area contributed by atoms with Crippen molar-refractivity contribution >= 4 is 17.9 Å². The fourth-order valence-corrected chi connectivity index (χ4v) is 3.19. The highest BCUT2D eigenvalue weighted by Crippen LogP contribution is 2.36. The minimum Gasteiger partial charge on any atom is -0.504 e. The molecule has 1 saturated heterocycles. The van der Waals surface area contributed by atoms with Crippen molar-refractivity contribution in [3.05, 3.63) is 17.7 Å². The van der Waals surface area contributed by atoms with E-state index in [1.807, 2.05) is 0 Å². The molecule has 1 heterocycles. The fourth-order valence-electron chi connectivity index (χ4n) is 3.19. The summed E-state index contributed by atoms with van der Waals surface area (Å²) in [6.45, 7) is 6.89. The van der Waals surface area contributed by atoms with Crippen LogP contribution in [-0.2, 0) is 9.53 Å². The Bertz CT molecular complexity index is 789. The third kappa shape index (κ3) is 7.54. The number of piperidine rings is 1. The highest BCUT2D eigenvalue weighted by atomic mass is 16.6. The molecule has 0 unspecified atom stereocenters. The third-order valence-electron chi connectivity index (χ3n) is 4.83. The van der Waals surface area contributed by atoms with Gasteiger partial charge in [0.25, 0.3) is 5.91 Å². The summed E-state index contributed by atoms with van der Waals surface area (Å²) < 4.78 is 5.10.